The highest BCUT2D eigenvalue weighted by Crippen LogP contribution is 2.15. The molecule has 0 aromatic heterocycles. The maximum Gasteiger partial charge on any atom is 0.410 e. The monoisotopic (exact) mass is 416 g/mol. The Morgan fingerprint density at radius 2 is 1.81 bits per heavy atom. The quantitative estimate of drug-likeness (QED) is 0.819. The number of amides is 2. The van der Waals surface area contributed by atoms with E-state index < -0.39 is 0 Å². The second-order valence-corrected chi connectivity index (χ2v) is 7.20. The third-order valence-electron chi connectivity index (χ3n) is 4.38. The molecule has 3 rings (SSSR count). The standard InChI is InChI=1S/C20H21BrN2O3/c21-17-8-4-7-16(13-17)19(24)22-18-9-11-23(12-10-18)20(25)26-14-15-5-2-1-3-6-15/h1-8,13,18H,9-12,14H2,(H,22,24). The van der Waals surface area contributed by atoms with Crippen LogP contribution in [0.1, 0.15) is 28.8 Å². The zero-order valence-corrected chi connectivity index (χ0v) is 15.9. The Hall–Kier alpha value is -2.34. The second-order valence-electron chi connectivity index (χ2n) is 6.29. The van der Waals surface area contributed by atoms with Crippen molar-refractivity contribution in [2.24, 2.45) is 0 Å². The molecule has 136 valence electrons. The molecule has 1 saturated heterocycles. The van der Waals surface area contributed by atoms with Gasteiger partial charge in [0.15, 0.2) is 0 Å². The molecular formula is C20H21BrN2O3. The van der Waals surface area contributed by atoms with Crippen molar-refractivity contribution in [3.63, 3.8) is 0 Å². The molecule has 0 atom stereocenters. The number of nitrogens with one attached hydrogen (secondary N) is 1. The van der Waals surface area contributed by atoms with Crippen molar-refractivity contribution in [1.29, 1.82) is 0 Å². The van der Waals surface area contributed by atoms with Gasteiger partial charge >= 0.3 is 6.09 Å². The van der Waals surface area contributed by atoms with E-state index in [2.05, 4.69) is 21.2 Å². The fourth-order valence-electron chi connectivity index (χ4n) is 2.92. The van der Waals surface area contributed by atoms with E-state index in [1.165, 1.54) is 0 Å². The zero-order chi connectivity index (χ0) is 18.4. The predicted octanol–water partition coefficient (Wildman–Crippen LogP) is 3.98. The van der Waals surface area contributed by atoms with Gasteiger partial charge in [-0.2, -0.15) is 0 Å². The van der Waals surface area contributed by atoms with Gasteiger partial charge in [-0.25, -0.2) is 4.79 Å². The molecule has 5 nitrogen and oxygen atoms in total. The van der Waals surface area contributed by atoms with E-state index in [9.17, 15) is 9.59 Å². The van der Waals surface area contributed by atoms with Crippen LogP contribution in [0.4, 0.5) is 4.79 Å². The normalized spacial score (nSPS) is 14.7. The Kier molecular flexibility index (Phi) is 6.28. The van der Waals surface area contributed by atoms with Crippen molar-refractivity contribution < 1.29 is 14.3 Å². The molecule has 26 heavy (non-hydrogen) atoms. The highest BCUT2D eigenvalue weighted by atomic mass is 79.9. The summed E-state index contributed by atoms with van der Waals surface area (Å²) < 4.78 is 6.24. The van der Waals surface area contributed by atoms with Gasteiger partial charge in [-0.3, -0.25) is 4.79 Å². The van der Waals surface area contributed by atoms with E-state index in [0.717, 1.165) is 22.9 Å². The molecule has 0 spiro atoms. The van der Waals surface area contributed by atoms with Crippen molar-refractivity contribution in [2.75, 3.05) is 13.1 Å². The SMILES string of the molecule is O=C(NC1CCN(C(=O)OCc2ccccc2)CC1)c1cccc(Br)c1. The summed E-state index contributed by atoms with van der Waals surface area (Å²) in [5.41, 5.74) is 1.60. The van der Waals surface area contributed by atoms with Crippen molar-refractivity contribution in [2.45, 2.75) is 25.5 Å². The molecule has 1 aliphatic rings. The van der Waals surface area contributed by atoms with Crippen LogP contribution in [0.5, 0.6) is 0 Å². The summed E-state index contributed by atoms with van der Waals surface area (Å²) in [5, 5.41) is 3.04. The molecule has 2 aromatic rings. The molecule has 0 unspecified atom stereocenters. The summed E-state index contributed by atoms with van der Waals surface area (Å²) >= 11 is 3.37. The minimum Gasteiger partial charge on any atom is -0.445 e. The molecule has 0 saturated carbocycles. The van der Waals surface area contributed by atoms with Crippen molar-refractivity contribution >= 4 is 27.9 Å². The van der Waals surface area contributed by atoms with E-state index in [-0.39, 0.29) is 24.6 Å². The third kappa shape index (κ3) is 5.08. The van der Waals surface area contributed by atoms with Gasteiger partial charge in [0.2, 0.25) is 0 Å². The lowest BCUT2D eigenvalue weighted by atomic mass is 10.0. The Balaban J connectivity index is 1.43. The van der Waals surface area contributed by atoms with Crippen molar-refractivity contribution in [1.82, 2.24) is 10.2 Å². The van der Waals surface area contributed by atoms with Crippen LogP contribution in [-0.2, 0) is 11.3 Å². The van der Waals surface area contributed by atoms with Crippen LogP contribution in [0.15, 0.2) is 59.1 Å². The number of rotatable bonds is 4. The average Bonchev–Trinajstić information content (AvgIpc) is 2.67. The number of ether oxygens (including phenoxy) is 1. The highest BCUT2D eigenvalue weighted by Gasteiger charge is 2.25. The first-order chi connectivity index (χ1) is 12.6. The smallest absolute Gasteiger partial charge is 0.410 e. The number of nitrogens with zero attached hydrogens (tertiary/aromatic N) is 1. The lowest BCUT2D eigenvalue weighted by Crippen LogP contribution is -2.46. The number of hydrogen-bond acceptors (Lipinski definition) is 3. The van der Waals surface area contributed by atoms with Crippen LogP contribution in [0.25, 0.3) is 0 Å². The first kappa shape index (κ1) is 18.5. The molecule has 1 N–H and O–H groups in total. The lowest BCUT2D eigenvalue weighted by Gasteiger charge is -2.31. The molecule has 0 radical (unpaired) electrons. The lowest BCUT2D eigenvalue weighted by molar-refractivity contribution is 0.0809. The number of carbonyl (C=O) groups is 2. The summed E-state index contributed by atoms with van der Waals surface area (Å²) in [7, 11) is 0. The van der Waals surface area contributed by atoms with E-state index in [0.29, 0.717) is 18.7 Å². The summed E-state index contributed by atoms with van der Waals surface area (Å²) in [6.45, 7) is 1.44. The topological polar surface area (TPSA) is 58.6 Å². The summed E-state index contributed by atoms with van der Waals surface area (Å²) in [4.78, 5) is 26.2. The number of carbonyl (C=O) groups excluding carboxylic acids is 2. The van der Waals surface area contributed by atoms with Gasteiger partial charge in [0.05, 0.1) is 0 Å². The van der Waals surface area contributed by atoms with Crippen LogP contribution in [0.2, 0.25) is 0 Å². The molecule has 6 heteroatoms. The van der Waals surface area contributed by atoms with E-state index in [1.807, 2.05) is 42.5 Å². The second kappa shape index (κ2) is 8.85. The average molecular weight is 417 g/mol. The molecule has 2 amide bonds. The molecular weight excluding hydrogens is 396 g/mol. The molecule has 1 aliphatic heterocycles. The van der Waals surface area contributed by atoms with E-state index in [1.54, 1.807) is 17.0 Å². The Morgan fingerprint density at radius 3 is 2.50 bits per heavy atom. The molecule has 1 fully saturated rings. The molecule has 2 aromatic carbocycles. The first-order valence-corrected chi connectivity index (χ1v) is 9.43. The molecule has 1 heterocycles. The van der Waals surface area contributed by atoms with Gasteiger partial charge in [-0.15, -0.1) is 0 Å². The zero-order valence-electron chi connectivity index (χ0n) is 14.4. The van der Waals surface area contributed by atoms with Gasteiger partial charge in [0.1, 0.15) is 6.61 Å². The number of likely N-dealkylation sites (tertiary alicyclic amines) is 1. The number of piperidine rings is 1. The maximum absolute atomic E-state index is 12.3. The molecule has 0 bridgehead atoms. The predicted molar refractivity (Wildman–Crippen MR) is 103 cm³/mol. The molecule has 0 aliphatic carbocycles. The minimum atomic E-state index is -0.300. The fraction of sp³-hybridized carbons (Fsp3) is 0.300. The maximum atomic E-state index is 12.3. The van der Waals surface area contributed by atoms with Gasteiger partial charge in [0.25, 0.3) is 5.91 Å². The fourth-order valence-corrected chi connectivity index (χ4v) is 3.31. The Bertz CT molecular complexity index is 759. The van der Waals surface area contributed by atoms with E-state index in [4.69, 9.17) is 4.74 Å². The third-order valence-corrected chi connectivity index (χ3v) is 4.87. The van der Waals surface area contributed by atoms with Gasteiger partial charge in [-0.1, -0.05) is 52.3 Å². The van der Waals surface area contributed by atoms with Gasteiger partial charge in [0, 0.05) is 29.2 Å². The largest absolute Gasteiger partial charge is 0.445 e. The van der Waals surface area contributed by atoms with Crippen LogP contribution < -0.4 is 5.32 Å². The Labute approximate surface area is 161 Å². The number of hydrogen-bond donors (Lipinski definition) is 1. The van der Waals surface area contributed by atoms with Crippen LogP contribution in [-0.4, -0.2) is 36.0 Å². The number of benzene rings is 2. The van der Waals surface area contributed by atoms with Crippen molar-refractivity contribution in [3.8, 4) is 0 Å². The minimum absolute atomic E-state index is 0.0691. The first-order valence-electron chi connectivity index (χ1n) is 8.64. The van der Waals surface area contributed by atoms with Crippen LogP contribution >= 0.6 is 15.9 Å². The highest BCUT2D eigenvalue weighted by molar-refractivity contribution is 9.10. The van der Waals surface area contributed by atoms with Gasteiger partial charge in [-0.05, 0) is 36.6 Å². The van der Waals surface area contributed by atoms with Crippen LogP contribution in [0.3, 0.4) is 0 Å². The summed E-state index contributed by atoms with van der Waals surface area (Å²) in [5.74, 6) is -0.0867. The Morgan fingerprint density at radius 1 is 1.08 bits per heavy atom. The van der Waals surface area contributed by atoms with Crippen LogP contribution in [0, 0.1) is 0 Å². The van der Waals surface area contributed by atoms with Crippen molar-refractivity contribution in [3.05, 3.63) is 70.2 Å². The van der Waals surface area contributed by atoms with E-state index >= 15 is 0 Å². The number of halogens is 1. The summed E-state index contributed by atoms with van der Waals surface area (Å²) in [6, 6.07) is 17.0. The van der Waals surface area contributed by atoms with Gasteiger partial charge < -0.3 is 15.0 Å². The summed E-state index contributed by atoms with van der Waals surface area (Å²) in [6.07, 6.45) is 1.14.